The Morgan fingerprint density at radius 1 is 1.13 bits per heavy atom. The molecule has 0 spiro atoms. The third-order valence-electron chi connectivity index (χ3n) is 2.01. The first-order valence-electron chi connectivity index (χ1n) is 4.86. The van der Waals surface area contributed by atoms with Crippen LogP contribution >= 0.6 is 15.9 Å². The molecule has 0 atom stereocenters. The Hall–Kier alpha value is -1.22. The summed E-state index contributed by atoms with van der Waals surface area (Å²) in [6.45, 7) is 4.00. The molecule has 80 valence electrons. The van der Waals surface area contributed by atoms with Crippen molar-refractivity contribution in [2.45, 2.75) is 13.8 Å². The van der Waals surface area contributed by atoms with E-state index in [2.05, 4.69) is 15.9 Å². The number of nitrogens with two attached hydrogens (primary N) is 1. The average Bonchev–Trinajstić information content (AvgIpc) is 2.29. The number of hydrogen-bond donors (Lipinski definition) is 2. The molecule has 0 radical (unpaired) electrons. The minimum atomic E-state index is 0.116. The Balaban J connectivity index is 0.000000531. The van der Waals surface area contributed by atoms with Crippen molar-refractivity contribution in [3.63, 3.8) is 0 Å². The van der Waals surface area contributed by atoms with Gasteiger partial charge in [0.2, 0.25) is 0 Å². The maximum atomic E-state index is 9.44. The number of halogens is 1. The summed E-state index contributed by atoms with van der Waals surface area (Å²) in [5.74, 6) is 0.116. The van der Waals surface area contributed by atoms with Gasteiger partial charge in [-0.1, -0.05) is 54.0 Å². The number of rotatable bonds is 0. The SMILES string of the molecule is CC.Nc1c(O)cc(Br)c2ccccc12. The lowest BCUT2D eigenvalue weighted by molar-refractivity contribution is 0.478. The largest absolute Gasteiger partial charge is 0.506 e. The summed E-state index contributed by atoms with van der Waals surface area (Å²) < 4.78 is 0.856. The summed E-state index contributed by atoms with van der Waals surface area (Å²) in [6, 6.07) is 9.27. The van der Waals surface area contributed by atoms with Crippen molar-refractivity contribution in [2.24, 2.45) is 0 Å². The number of phenolic OH excluding ortho intramolecular Hbond substituents is 1. The quantitative estimate of drug-likeness (QED) is 0.562. The van der Waals surface area contributed by atoms with E-state index in [0.29, 0.717) is 5.69 Å². The van der Waals surface area contributed by atoms with Gasteiger partial charge in [-0.25, -0.2) is 0 Å². The van der Waals surface area contributed by atoms with Crippen molar-refractivity contribution in [3.05, 3.63) is 34.8 Å². The summed E-state index contributed by atoms with van der Waals surface area (Å²) >= 11 is 3.37. The van der Waals surface area contributed by atoms with Gasteiger partial charge in [-0.15, -0.1) is 0 Å². The van der Waals surface area contributed by atoms with Gasteiger partial charge in [0.25, 0.3) is 0 Å². The fourth-order valence-electron chi connectivity index (χ4n) is 1.34. The second-order valence-corrected chi connectivity index (χ2v) is 3.69. The highest BCUT2D eigenvalue weighted by molar-refractivity contribution is 9.10. The van der Waals surface area contributed by atoms with Crippen LogP contribution in [0.3, 0.4) is 0 Å². The molecular formula is C12H14BrNO. The highest BCUT2D eigenvalue weighted by Gasteiger charge is 2.05. The van der Waals surface area contributed by atoms with Crippen LogP contribution in [0.15, 0.2) is 34.8 Å². The molecule has 0 fully saturated rings. The van der Waals surface area contributed by atoms with Gasteiger partial charge in [-0.05, 0) is 11.5 Å². The van der Waals surface area contributed by atoms with E-state index < -0.39 is 0 Å². The molecule has 0 saturated carbocycles. The van der Waals surface area contributed by atoms with E-state index >= 15 is 0 Å². The van der Waals surface area contributed by atoms with Crippen LogP contribution < -0.4 is 5.73 Å². The molecule has 2 aromatic carbocycles. The third kappa shape index (κ3) is 2.23. The number of aromatic hydroxyl groups is 1. The molecule has 0 aliphatic carbocycles. The van der Waals surface area contributed by atoms with Crippen LogP contribution in [0.4, 0.5) is 5.69 Å². The van der Waals surface area contributed by atoms with Gasteiger partial charge in [0.15, 0.2) is 0 Å². The molecule has 0 amide bonds. The molecule has 0 unspecified atom stereocenters. The first-order valence-corrected chi connectivity index (χ1v) is 5.65. The molecule has 3 heteroatoms. The van der Waals surface area contributed by atoms with E-state index in [1.165, 1.54) is 0 Å². The standard InChI is InChI=1S/C10H8BrNO.C2H6/c11-8-5-9(13)10(12)7-4-2-1-3-6(7)8;1-2/h1-5,13H,12H2;1-2H3. The number of hydrogen-bond acceptors (Lipinski definition) is 2. The predicted octanol–water partition coefficient (Wildman–Crippen LogP) is 3.92. The normalized spacial score (nSPS) is 9.53. The molecule has 0 bridgehead atoms. The predicted molar refractivity (Wildman–Crippen MR) is 69.1 cm³/mol. The average molecular weight is 268 g/mol. The van der Waals surface area contributed by atoms with E-state index in [0.717, 1.165) is 15.2 Å². The van der Waals surface area contributed by atoms with E-state index in [9.17, 15) is 5.11 Å². The van der Waals surface area contributed by atoms with Crippen molar-refractivity contribution in [1.82, 2.24) is 0 Å². The molecule has 0 aliphatic rings. The lowest BCUT2D eigenvalue weighted by atomic mass is 10.1. The van der Waals surface area contributed by atoms with Crippen molar-refractivity contribution in [3.8, 4) is 5.75 Å². The lowest BCUT2D eigenvalue weighted by Gasteiger charge is -2.05. The maximum Gasteiger partial charge on any atom is 0.140 e. The fourth-order valence-corrected chi connectivity index (χ4v) is 1.90. The lowest BCUT2D eigenvalue weighted by Crippen LogP contribution is -1.88. The minimum absolute atomic E-state index is 0.116. The molecule has 15 heavy (non-hydrogen) atoms. The number of fused-ring (bicyclic) bond motifs is 1. The van der Waals surface area contributed by atoms with Crippen molar-refractivity contribution in [2.75, 3.05) is 5.73 Å². The molecule has 0 heterocycles. The Morgan fingerprint density at radius 2 is 1.67 bits per heavy atom. The molecule has 0 aromatic heterocycles. The molecular weight excluding hydrogens is 254 g/mol. The zero-order valence-electron chi connectivity index (χ0n) is 8.79. The summed E-state index contributed by atoms with van der Waals surface area (Å²) in [5.41, 5.74) is 6.15. The van der Waals surface area contributed by atoms with Gasteiger partial charge in [0.05, 0.1) is 5.69 Å². The zero-order chi connectivity index (χ0) is 11.4. The molecule has 2 rings (SSSR count). The van der Waals surface area contributed by atoms with Crippen LogP contribution in [0.1, 0.15) is 13.8 Å². The molecule has 2 aromatic rings. The zero-order valence-corrected chi connectivity index (χ0v) is 10.4. The number of phenols is 1. The van der Waals surface area contributed by atoms with Crippen molar-refractivity contribution >= 4 is 32.4 Å². The summed E-state index contributed by atoms with van der Waals surface area (Å²) in [6.07, 6.45) is 0. The van der Waals surface area contributed by atoms with Crippen LogP contribution in [0.25, 0.3) is 10.8 Å². The Labute approximate surface area is 97.9 Å². The van der Waals surface area contributed by atoms with Crippen LogP contribution in [0, 0.1) is 0 Å². The Kier molecular flexibility index (Phi) is 3.97. The van der Waals surface area contributed by atoms with Gasteiger partial charge >= 0.3 is 0 Å². The van der Waals surface area contributed by atoms with Crippen LogP contribution in [0.5, 0.6) is 5.75 Å². The van der Waals surface area contributed by atoms with E-state index in [1.807, 2.05) is 38.1 Å². The number of nitrogen functional groups attached to an aromatic ring is 1. The fraction of sp³-hybridized carbons (Fsp3) is 0.167. The van der Waals surface area contributed by atoms with Crippen LogP contribution in [-0.2, 0) is 0 Å². The number of benzene rings is 2. The first kappa shape index (κ1) is 11.9. The Bertz CT molecular complexity index is 468. The highest BCUT2D eigenvalue weighted by Crippen LogP contribution is 2.35. The molecule has 0 aliphatic heterocycles. The van der Waals surface area contributed by atoms with Crippen LogP contribution in [0.2, 0.25) is 0 Å². The van der Waals surface area contributed by atoms with E-state index in [4.69, 9.17) is 5.73 Å². The summed E-state index contributed by atoms with van der Waals surface area (Å²) in [7, 11) is 0. The molecule has 0 saturated heterocycles. The van der Waals surface area contributed by atoms with Gasteiger partial charge in [0, 0.05) is 9.86 Å². The van der Waals surface area contributed by atoms with E-state index in [-0.39, 0.29) is 5.75 Å². The maximum absolute atomic E-state index is 9.44. The molecule has 3 N–H and O–H groups in total. The van der Waals surface area contributed by atoms with Gasteiger partial charge in [-0.2, -0.15) is 0 Å². The van der Waals surface area contributed by atoms with Gasteiger partial charge < -0.3 is 10.8 Å². The second-order valence-electron chi connectivity index (χ2n) is 2.84. The smallest absolute Gasteiger partial charge is 0.140 e. The monoisotopic (exact) mass is 267 g/mol. The van der Waals surface area contributed by atoms with E-state index in [1.54, 1.807) is 6.07 Å². The first-order chi connectivity index (χ1) is 7.20. The van der Waals surface area contributed by atoms with Crippen molar-refractivity contribution < 1.29 is 5.11 Å². The second kappa shape index (κ2) is 5.03. The summed E-state index contributed by atoms with van der Waals surface area (Å²) in [4.78, 5) is 0. The third-order valence-corrected chi connectivity index (χ3v) is 2.67. The Morgan fingerprint density at radius 3 is 2.27 bits per heavy atom. The topological polar surface area (TPSA) is 46.2 Å². The summed E-state index contributed by atoms with van der Waals surface area (Å²) in [5, 5.41) is 11.3. The minimum Gasteiger partial charge on any atom is -0.506 e. The van der Waals surface area contributed by atoms with Gasteiger partial charge in [-0.3, -0.25) is 0 Å². The van der Waals surface area contributed by atoms with Crippen molar-refractivity contribution in [1.29, 1.82) is 0 Å². The molecule has 2 nitrogen and oxygen atoms in total. The number of anilines is 1. The highest BCUT2D eigenvalue weighted by atomic mass is 79.9. The van der Waals surface area contributed by atoms with Gasteiger partial charge in [0.1, 0.15) is 5.75 Å². The van der Waals surface area contributed by atoms with Crippen LogP contribution in [-0.4, -0.2) is 5.11 Å².